The Bertz CT molecular complexity index is 296. The molecule has 0 heterocycles. The Kier molecular flexibility index (Phi) is 2.57. The van der Waals surface area contributed by atoms with Crippen LogP contribution in [0, 0.1) is 0 Å². The first kappa shape index (κ1) is 9.69. The first-order valence-corrected chi connectivity index (χ1v) is 5.15. The largest absolute Gasteiger partial charge is 0.390 e. The summed E-state index contributed by atoms with van der Waals surface area (Å²) >= 11 is 0. The van der Waals surface area contributed by atoms with Crippen molar-refractivity contribution in [2.45, 2.75) is 37.4 Å². The fourth-order valence-corrected chi connectivity index (χ4v) is 2.19. The van der Waals surface area contributed by atoms with Gasteiger partial charge in [0, 0.05) is 6.42 Å². The predicted octanol–water partition coefficient (Wildman–Crippen LogP) is 1.50. The Morgan fingerprint density at radius 1 is 1.29 bits per heavy atom. The Hall–Kier alpha value is -0.860. The van der Waals surface area contributed by atoms with E-state index in [1.807, 2.05) is 30.3 Å². The van der Waals surface area contributed by atoms with Crippen molar-refractivity contribution < 1.29 is 10.2 Å². The monoisotopic (exact) mass is 192 g/mol. The molecule has 1 fully saturated rings. The highest BCUT2D eigenvalue weighted by atomic mass is 16.3. The van der Waals surface area contributed by atoms with Crippen LogP contribution in [0.4, 0.5) is 0 Å². The number of hydrogen-bond donors (Lipinski definition) is 2. The molecule has 0 bridgehead atoms. The van der Waals surface area contributed by atoms with Gasteiger partial charge in [0.15, 0.2) is 0 Å². The van der Waals surface area contributed by atoms with Gasteiger partial charge in [0.05, 0.1) is 11.7 Å². The summed E-state index contributed by atoms with van der Waals surface area (Å²) in [6.07, 6.45) is 2.37. The molecule has 2 nitrogen and oxygen atoms in total. The van der Waals surface area contributed by atoms with E-state index in [9.17, 15) is 10.2 Å². The molecule has 0 aromatic heterocycles. The van der Waals surface area contributed by atoms with Crippen LogP contribution in [-0.2, 0) is 6.42 Å². The molecule has 0 radical (unpaired) electrons. The van der Waals surface area contributed by atoms with Gasteiger partial charge in [-0.3, -0.25) is 0 Å². The van der Waals surface area contributed by atoms with Gasteiger partial charge >= 0.3 is 0 Å². The zero-order valence-electron chi connectivity index (χ0n) is 8.19. The van der Waals surface area contributed by atoms with Gasteiger partial charge in [-0.1, -0.05) is 30.3 Å². The van der Waals surface area contributed by atoms with Crippen LogP contribution in [0.1, 0.15) is 24.8 Å². The maximum absolute atomic E-state index is 10.2. The van der Waals surface area contributed by atoms with Gasteiger partial charge in [-0.2, -0.15) is 0 Å². The standard InChI is InChI=1S/C12H16O2/c13-11-7-4-8-12(11,14)9-10-5-2-1-3-6-10/h1-3,5-6,11,13-14H,4,7-9H2/t11-,12+/m1/s1. The highest BCUT2D eigenvalue weighted by molar-refractivity contribution is 5.18. The molecule has 0 amide bonds. The molecule has 2 N–H and O–H groups in total. The Morgan fingerprint density at radius 2 is 2.00 bits per heavy atom. The molecule has 0 unspecified atom stereocenters. The van der Waals surface area contributed by atoms with E-state index < -0.39 is 11.7 Å². The third kappa shape index (κ3) is 1.81. The summed E-state index contributed by atoms with van der Waals surface area (Å²) in [4.78, 5) is 0. The molecule has 76 valence electrons. The maximum atomic E-state index is 10.2. The fourth-order valence-electron chi connectivity index (χ4n) is 2.19. The highest BCUT2D eigenvalue weighted by Gasteiger charge is 2.39. The van der Waals surface area contributed by atoms with Crippen molar-refractivity contribution in [2.24, 2.45) is 0 Å². The summed E-state index contributed by atoms with van der Waals surface area (Å²) in [5.74, 6) is 0. The molecule has 1 aromatic rings. The van der Waals surface area contributed by atoms with E-state index in [-0.39, 0.29) is 0 Å². The average molecular weight is 192 g/mol. The molecular weight excluding hydrogens is 176 g/mol. The molecule has 1 saturated carbocycles. The van der Waals surface area contributed by atoms with E-state index in [0.717, 1.165) is 18.4 Å². The summed E-state index contributed by atoms with van der Waals surface area (Å²) in [5, 5.41) is 19.8. The third-order valence-electron chi connectivity index (χ3n) is 3.06. The van der Waals surface area contributed by atoms with E-state index in [1.165, 1.54) is 0 Å². The fraction of sp³-hybridized carbons (Fsp3) is 0.500. The number of benzene rings is 1. The second-order valence-corrected chi connectivity index (χ2v) is 4.17. The SMILES string of the molecule is O[C@@H]1CCC[C@]1(O)Cc1ccccc1. The van der Waals surface area contributed by atoms with E-state index in [0.29, 0.717) is 12.8 Å². The average Bonchev–Trinajstić information content (AvgIpc) is 2.48. The first-order valence-electron chi connectivity index (χ1n) is 5.15. The number of hydrogen-bond acceptors (Lipinski definition) is 2. The number of rotatable bonds is 2. The normalized spacial score (nSPS) is 32.0. The van der Waals surface area contributed by atoms with Crippen molar-refractivity contribution in [2.75, 3.05) is 0 Å². The Morgan fingerprint density at radius 3 is 2.57 bits per heavy atom. The molecule has 1 aliphatic rings. The van der Waals surface area contributed by atoms with E-state index in [4.69, 9.17) is 0 Å². The van der Waals surface area contributed by atoms with Crippen LogP contribution in [-0.4, -0.2) is 21.9 Å². The van der Waals surface area contributed by atoms with E-state index >= 15 is 0 Å². The number of aliphatic hydroxyl groups excluding tert-OH is 1. The molecule has 0 saturated heterocycles. The zero-order valence-corrected chi connectivity index (χ0v) is 8.19. The van der Waals surface area contributed by atoms with E-state index in [2.05, 4.69) is 0 Å². The van der Waals surface area contributed by atoms with Crippen LogP contribution in [0.5, 0.6) is 0 Å². The summed E-state index contributed by atoms with van der Waals surface area (Å²) in [6, 6.07) is 9.85. The Labute approximate surface area is 84.2 Å². The quantitative estimate of drug-likeness (QED) is 0.745. The summed E-state index contributed by atoms with van der Waals surface area (Å²) in [6.45, 7) is 0. The van der Waals surface area contributed by atoms with Crippen LogP contribution in [0.15, 0.2) is 30.3 Å². The summed E-state index contributed by atoms with van der Waals surface area (Å²) < 4.78 is 0. The lowest BCUT2D eigenvalue weighted by Gasteiger charge is -2.26. The maximum Gasteiger partial charge on any atom is 0.0945 e. The highest BCUT2D eigenvalue weighted by Crippen LogP contribution is 2.32. The van der Waals surface area contributed by atoms with Gasteiger partial charge in [-0.05, 0) is 24.8 Å². The van der Waals surface area contributed by atoms with Crippen molar-refractivity contribution in [3.8, 4) is 0 Å². The van der Waals surface area contributed by atoms with Crippen LogP contribution in [0.2, 0.25) is 0 Å². The van der Waals surface area contributed by atoms with Gasteiger partial charge in [0.25, 0.3) is 0 Å². The minimum absolute atomic E-state index is 0.553. The molecule has 2 atom stereocenters. The van der Waals surface area contributed by atoms with Crippen molar-refractivity contribution in [1.29, 1.82) is 0 Å². The van der Waals surface area contributed by atoms with Gasteiger partial charge in [-0.25, -0.2) is 0 Å². The lowest BCUT2D eigenvalue weighted by Crippen LogP contribution is -2.39. The first-order chi connectivity index (χ1) is 6.71. The minimum Gasteiger partial charge on any atom is -0.390 e. The lowest BCUT2D eigenvalue weighted by molar-refractivity contribution is -0.0521. The smallest absolute Gasteiger partial charge is 0.0945 e. The van der Waals surface area contributed by atoms with Crippen LogP contribution in [0.25, 0.3) is 0 Å². The molecule has 1 aliphatic carbocycles. The lowest BCUT2D eigenvalue weighted by atomic mass is 9.91. The van der Waals surface area contributed by atoms with Gasteiger partial charge in [0.2, 0.25) is 0 Å². The molecule has 14 heavy (non-hydrogen) atoms. The van der Waals surface area contributed by atoms with Crippen LogP contribution < -0.4 is 0 Å². The molecular formula is C12H16O2. The molecule has 2 rings (SSSR count). The zero-order chi connectivity index (χ0) is 10.0. The second kappa shape index (κ2) is 3.71. The minimum atomic E-state index is -0.888. The molecule has 0 spiro atoms. The molecule has 1 aromatic carbocycles. The topological polar surface area (TPSA) is 40.5 Å². The third-order valence-corrected chi connectivity index (χ3v) is 3.06. The number of aliphatic hydroxyl groups is 2. The van der Waals surface area contributed by atoms with Crippen molar-refractivity contribution in [3.63, 3.8) is 0 Å². The Balaban J connectivity index is 2.10. The summed E-state index contributed by atoms with van der Waals surface area (Å²) in [5.41, 5.74) is 0.206. The summed E-state index contributed by atoms with van der Waals surface area (Å²) in [7, 11) is 0. The van der Waals surface area contributed by atoms with Gasteiger partial charge in [0.1, 0.15) is 0 Å². The van der Waals surface area contributed by atoms with Crippen molar-refractivity contribution in [1.82, 2.24) is 0 Å². The second-order valence-electron chi connectivity index (χ2n) is 4.17. The van der Waals surface area contributed by atoms with Crippen LogP contribution >= 0.6 is 0 Å². The van der Waals surface area contributed by atoms with Crippen LogP contribution in [0.3, 0.4) is 0 Å². The van der Waals surface area contributed by atoms with Crippen molar-refractivity contribution >= 4 is 0 Å². The van der Waals surface area contributed by atoms with E-state index in [1.54, 1.807) is 0 Å². The van der Waals surface area contributed by atoms with Gasteiger partial charge in [-0.15, -0.1) is 0 Å². The molecule has 0 aliphatic heterocycles. The van der Waals surface area contributed by atoms with Crippen molar-refractivity contribution in [3.05, 3.63) is 35.9 Å². The van der Waals surface area contributed by atoms with Gasteiger partial charge < -0.3 is 10.2 Å². The predicted molar refractivity (Wildman–Crippen MR) is 55.0 cm³/mol. The molecule has 2 heteroatoms.